The fraction of sp³-hybridized carbons (Fsp3) is 0.286. The Kier molecular flexibility index (Phi) is 4.71. The van der Waals surface area contributed by atoms with Crippen LogP contribution < -0.4 is 10.2 Å². The molecule has 0 unspecified atom stereocenters. The molecule has 8 heteroatoms. The lowest BCUT2D eigenvalue weighted by molar-refractivity contribution is -0.136. The van der Waals surface area contributed by atoms with Crippen molar-refractivity contribution >= 4 is 17.7 Å². The van der Waals surface area contributed by atoms with Crippen LogP contribution in [-0.4, -0.2) is 39.4 Å². The number of nitrogens with one attached hydrogen (secondary N) is 1. The number of anilines is 1. The van der Waals surface area contributed by atoms with E-state index in [2.05, 4.69) is 10.1 Å². The van der Waals surface area contributed by atoms with Crippen LogP contribution in [0.5, 0.6) is 0 Å². The molecule has 2 rings (SSSR count). The zero-order valence-electron chi connectivity index (χ0n) is 12.0. The van der Waals surface area contributed by atoms with Crippen molar-refractivity contribution in [2.75, 3.05) is 32.3 Å². The molecule has 22 heavy (non-hydrogen) atoms. The van der Waals surface area contributed by atoms with Gasteiger partial charge in [0.15, 0.2) is 11.6 Å². The van der Waals surface area contributed by atoms with Gasteiger partial charge in [-0.25, -0.2) is 18.4 Å². The van der Waals surface area contributed by atoms with Crippen LogP contribution in [0.25, 0.3) is 0 Å². The van der Waals surface area contributed by atoms with Gasteiger partial charge in [-0.2, -0.15) is 0 Å². The fourth-order valence-electron chi connectivity index (χ4n) is 2.10. The second-order valence-electron chi connectivity index (χ2n) is 4.44. The number of carbonyl (C=O) groups excluding carboxylic acids is 2. The van der Waals surface area contributed by atoms with E-state index in [1.165, 1.54) is 20.3 Å². The van der Waals surface area contributed by atoms with Gasteiger partial charge < -0.3 is 14.8 Å². The fourth-order valence-corrected chi connectivity index (χ4v) is 2.10. The molecule has 1 aliphatic heterocycles. The molecule has 0 atom stereocenters. The molecular formula is C14H14F2N2O4. The number of hydrogen-bond donors (Lipinski definition) is 1. The first-order valence-corrected chi connectivity index (χ1v) is 6.32. The van der Waals surface area contributed by atoms with Crippen LogP contribution in [0.1, 0.15) is 0 Å². The van der Waals surface area contributed by atoms with Gasteiger partial charge in [0.1, 0.15) is 0 Å². The first-order valence-electron chi connectivity index (χ1n) is 6.32. The summed E-state index contributed by atoms with van der Waals surface area (Å²) in [5, 5.41) is 2.47. The molecule has 0 bridgehead atoms. The lowest BCUT2D eigenvalue weighted by Gasteiger charge is -2.31. The van der Waals surface area contributed by atoms with Crippen molar-refractivity contribution < 1.29 is 27.8 Å². The molecule has 118 valence electrons. The van der Waals surface area contributed by atoms with Gasteiger partial charge in [0.05, 0.1) is 37.2 Å². The van der Waals surface area contributed by atoms with E-state index >= 15 is 0 Å². The third-order valence-electron chi connectivity index (χ3n) is 3.11. The minimum Gasteiger partial charge on any atom is -0.466 e. The third kappa shape index (κ3) is 2.91. The maximum absolute atomic E-state index is 13.4. The molecule has 0 saturated carbocycles. The van der Waals surface area contributed by atoms with E-state index in [1.54, 1.807) is 0 Å². The number of esters is 1. The Morgan fingerprint density at radius 1 is 1.32 bits per heavy atom. The highest BCUT2D eigenvalue weighted by molar-refractivity contribution is 6.02. The topological polar surface area (TPSA) is 67.9 Å². The Morgan fingerprint density at radius 2 is 2.05 bits per heavy atom. The molecule has 1 aromatic rings. The average molecular weight is 312 g/mol. The van der Waals surface area contributed by atoms with Crippen LogP contribution in [0, 0.1) is 11.6 Å². The summed E-state index contributed by atoms with van der Waals surface area (Å²) in [6, 6.07) is 2.42. The summed E-state index contributed by atoms with van der Waals surface area (Å²) in [6.07, 6.45) is 0. The van der Waals surface area contributed by atoms with Crippen molar-refractivity contribution in [1.82, 2.24) is 5.32 Å². The highest BCUT2D eigenvalue weighted by Gasteiger charge is 2.31. The van der Waals surface area contributed by atoms with Gasteiger partial charge in [0, 0.05) is 13.2 Å². The van der Waals surface area contributed by atoms with Gasteiger partial charge in [-0.1, -0.05) is 0 Å². The van der Waals surface area contributed by atoms with Gasteiger partial charge in [-0.05, 0) is 12.1 Å². The molecule has 0 fully saturated rings. The number of carbonyl (C=O) groups is 2. The van der Waals surface area contributed by atoms with Crippen molar-refractivity contribution in [2.45, 2.75) is 0 Å². The summed E-state index contributed by atoms with van der Waals surface area (Å²) in [7, 11) is 2.59. The molecule has 1 aromatic carbocycles. The number of nitrogens with zero attached hydrogens (tertiary/aromatic N) is 1. The molecule has 0 aliphatic carbocycles. The number of urea groups is 1. The number of ether oxygens (including phenoxy) is 2. The van der Waals surface area contributed by atoms with E-state index in [4.69, 9.17) is 4.74 Å². The number of methoxy groups -OCH3 is 2. The first-order chi connectivity index (χ1) is 10.5. The summed E-state index contributed by atoms with van der Waals surface area (Å²) in [6.45, 7) is -0.110. The van der Waals surface area contributed by atoms with E-state index in [1.807, 2.05) is 0 Å². The average Bonchev–Trinajstić information content (AvgIpc) is 2.50. The zero-order valence-corrected chi connectivity index (χ0v) is 12.0. The van der Waals surface area contributed by atoms with E-state index in [-0.39, 0.29) is 30.1 Å². The molecule has 0 saturated heterocycles. The number of hydrogen-bond acceptors (Lipinski definition) is 4. The van der Waals surface area contributed by atoms with Crippen molar-refractivity contribution in [1.29, 1.82) is 0 Å². The zero-order chi connectivity index (χ0) is 16.3. The van der Waals surface area contributed by atoms with Gasteiger partial charge in [-0.15, -0.1) is 0 Å². The predicted molar refractivity (Wildman–Crippen MR) is 73.2 cm³/mol. The summed E-state index contributed by atoms with van der Waals surface area (Å²) in [5.74, 6) is -2.78. The normalized spacial score (nSPS) is 14.9. The van der Waals surface area contributed by atoms with E-state index < -0.39 is 23.6 Å². The van der Waals surface area contributed by atoms with Crippen LogP contribution in [0.2, 0.25) is 0 Å². The summed E-state index contributed by atoms with van der Waals surface area (Å²) in [5.41, 5.74) is 0.461. The minimum atomic E-state index is -1.10. The lowest BCUT2D eigenvalue weighted by atomic mass is 10.1. The van der Waals surface area contributed by atoms with Crippen molar-refractivity contribution in [3.63, 3.8) is 0 Å². The molecule has 1 aliphatic rings. The summed E-state index contributed by atoms with van der Waals surface area (Å²) < 4.78 is 36.2. The molecule has 0 radical (unpaired) electrons. The monoisotopic (exact) mass is 312 g/mol. The highest BCUT2D eigenvalue weighted by atomic mass is 19.2. The maximum Gasteiger partial charge on any atom is 0.337 e. The largest absolute Gasteiger partial charge is 0.466 e. The first kappa shape index (κ1) is 15.9. The molecule has 6 nitrogen and oxygen atoms in total. The van der Waals surface area contributed by atoms with Gasteiger partial charge in [0.25, 0.3) is 0 Å². The molecule has 0 aromatic heterocycles. The molecular weight excluding hydrogens is 298 g/mol. The number of halogens is 2. The Morgan fingerprint density at radius 3 is 2.64 bits per heavy atom. The van der Waals surface area contributed by atoms with Crippen molar-refractivity contribution in [3.8, 4) is 0 Å². The van der Waals surface area contributed by atoms with Crippen molar-refractivity contribution in [3.05, 3.63) is 41.1 Å². The molecule has 1 N–H and O–H groups in total. The Labute approximate surface area is 125 Å². The minimum absolute atomic E-state index is 0.0373. The number of rotatable bonds is 4. The van der Waals surface area contributed by atoms with Crippen molar-refractivity contribution in [2.24, 2.45) is 0 Å². The summed E-state index contributed by atoms with van der Waals surface area (Å²) in [4.78, 5) is 25.0. The predicted octanol–water partition coefficient (Wildman–Crippen LogP) is 1.57. The van der Waals surface area contributed by atoms with E-state index in [9.17, 15) is 18.4 Å². The van der Waals surface area contributed by atoms with E-state index in [0.717, 1.165) is 17.0 Å². The third-order valence-corrected chi connectivity index (χ3v) is 3.11. The van der Waals surface area contributed by atoms with Crippen LogP contribution in [0.4, 0.5) is 19.3 Å². The standard InChI is InChI=1S/C14H14F2N2O4/c1-21-7-12-9(13(19)22-2)6-17-14(20)18(12)8-3-4-10(15)11(16)5-8/h3-5H,6-7H2,1-2H3,(H,17,20). The highest BCUT2D eigenvalue weighted by Crippen LogP contribution is 2.26. The second kappa shape index (κ2) is 6.52. The Hall–Kier alpha value is -2.48. The summed E-state index contributed by atoms with van der Waals surface area (Å²) >= 11 is 0. The van der Waals surface area contributed by atoms with E-state index in [0.29, 0.717) is 0 Å². The smallest absolute Gasteiger partial charge is 0.337 e. The Bertz CT molecular complexity index is 646. The van der Waals surface area contributed by atoms with Gasteiger partial charge >= 0.3 is 12.0 Å². The quantitative estimate of drug-likeness (QED) is 0.857. The number of amides is 2. The number of benzene rings is 1. The SMILES string of the molecule is COCC1=C(C(=O)OC)CNC(=O)N1c1ccc(F)c(F)c1. The Balaban J connectivity index is 2.55. The molecule has 1 heterocycles. The molecule has 0 spiro atoms. The van der Waals surface area contributed by atoms with Crippen LogP contribution in [0.3, 0.4) is 0 Å². The lowest BCUT2D eigenvalue weighted by Crippen LogP contribution is -2.48. The van der Waals surface area contributed by atoms with Gasteiger partial charge in [0.2, 0.25) is 0 Å². The van der Waals surface area contributed by atoms with Crippen LogP contribution in [0.15, 0.2) is 29.5 Å². The second-order valence-corrected chi connectivity index (χ2v) is 4.44. The van der Waals surface area contributed by atoms with Crippen LogP contribution >= 0.6 is 0 Å². The molecule has 2 amide bonds. The van der Waals surface area contributed by atoms with Crippen LogP contribution in [-0.2, 0) is 14.3 Å². The maximum atomic E-state index is 13.4. The van der Waals surface area contributed by atoms with Gasteiger partial charge in [-0.3, -0.25) is 4.90 Å².